The van der Waals surface area contributed by atoms with E-state index < -0.39 is 46.8 Å². The second-order valence-electron chi connectivity index (χ2n) is 12.5. The third kappa shape index (κ3) is 7.71. The van der Waals surface area contributed by atoms with Gasteiger partial charge in [0, 0.05) is 23.8 Å². The molecule has 1 amide bonds. The summed E-state index contributed by atoms with van der Waals surface area (Å²) in [6.45, 7) is 1.81. The summed E-state index contributed by atoms with van der Waals surface area (Å²) in [5.74, 6) is -11.9. The molecule has 6 nitrogen and oxygen atoms in total. The minimum absolute atomic E-state index is 0.00954. The number of thiazole rings is 1. The number of rotatable bonds is 10. The van der Waals surface area contributed by atoms with Crippen molar-refractivity contribution in [2.45, 2.75) is 42.9 Å². The van der Waals surface area contributed by atoms with E-state index in [4.69, 9.17) is 14.5 Å². The van der Waals surface area contributed by atoms with Crippen molar-refractivity contribution in [3.63, 3.8) is 0 Å². The zero-order valence-electron chi connectivity index (χ0n) is 28.0. The van der Waals surface area contributed by atoms with Crippen molar-refractivity contribution in [3.05, 3.63) is 154 Å². The molecule has 13 heteroatoms. The van der Waals surface area contributed by atoms with E-state index in [9.17, 15) is 31.9 Å². The van der Waals surface area contributed by atoms with Crippen LogP contribution < -0.4 is 5.32 Å². The van der Waals surface area contributed by atoms with Crippen molar-refractivity contribution in [2.24, 2.45) is 5.92 Å². The molecule has 6 aromatic rings. The number of aliphatic hydroxyl groups excluding tert-OH is 1. The number of aromatic nitrogens is 1. The molecule has 0 aliphatic carbocycles. The Labute approximate surface area is 309 Å². The van der Waals surface area contributed by atoms with Crippen molar-refractivity contribution in [2.75, 3.05) is 5.75 Å². The zero-order valence-corrected chi connectivity index (χ0v) is 29.6. The number of carbonyl (C=O) groups excluding carboxylic acids is 1. The molecule has 53 heavy (non-hydrogen) atoms. The Hall–Kier alpha value is -4.66. The molecule has 2 N–H and O–H groups in total. The highest BCUT2D eigenvalue weighted by atomic mass is 32.2. The van der Waals surface area contributed by atoms with Crippen molar-refractivity contribution in [1.82, 2.24) is 10.3 Å². The molecular formula is C40H31F5N2O4S2. The highest BCUT2D eigenvalue weighted by Crippen LogP contribution is 2.44. The van der Waals surface area contributed by atoms with Crippen LogP contribution in [0.25, 0.3) is 21.3 Å². The van der Waals surface area contributed by atoms with Gasteiger partial charge in [-0.05, 0) is 46.0 Å². The first-order valence-electron chi connectivity index (χ1n) is 16.6. The molecule has 1 aromatic heterocycles. The standard InChI is InChI=1S/C40H31F5N2O4S2/c1-21-29(20-52-40-47-28-7-2-3-8-30(28)53-40)50-39(51-37(21)25-11-9-22(19-48)10-12-25)26-15-13-24(14-16-26)27-6-4-5-23(17-27)18-46-38(49)31-32(41)34(43)36(45)35(44)33(31)42/h2-17,21,29,37,39,48H,18-20H2,1H3,(H,46,49)/t21-,29+,37+,39+/m1/s1. The highest BCUT2D eigenvalue weighted by molar-refractivity contribution is 8.01. The number of hydrogen-bond acceptors (Lipinski definition) is 7. The average Bonchev–Trinajstić information content (AvgIpc) is 3.62. The van der Waals surface area contributed by atoms with Gasteiger partial charge in [-0.3, -0.25) is 4.79 Å². The van der Waals surface area contributed by atoms with Crippen molar-refractivity contribution in [1.29, 1.82) is 0 Å². The van der Waals surface area contributed by atoms with Gasteiger partial charge in [-0.2, -0.15) is 0 Å². The molecule has 1 fully saturated rings. The van der Waals surface area contributed by atoms with E-state index in [-0.39, 0.29) is 31.3 Å². The maximum Gasteiger partial charge on any atom is 0.257 e. The Morgan fingerprint density at radius 1 is 0.792 bits per heavy atom. The quantitative estimate of drug-likeness (QED) is 0.0627. The molecule has 0 unspecified atom stereocenters. The summed E-state index contributed by atoms with van der Waals surface area (Å²) < 4.78 is 84.3. The monoisotopic (exact) mass is 762 g/mol. The molecule has 7 rings (SSSR count). The fourth-order valence-electron chi connectivity index (χ4n) is 6.14. The summed E-state index contributed by atoms with van der Waals surface area (Å²) in [5, 5.41) is 11.8. The first kappa shape index (κ1) is 36.7. The number of benzene rings is 5. The fourth-order valence-corrected chi connectivity index (χ4v) is 8.40. The number of para-hydroxylation sites is 1. The van der Waals surface area contributed by atoms with E-state index in [1.807, 2.05) is 72.8 Å². The van der Waals surface area contributed by atoms with Gasteiger partial charge in [-0.15, -0.1) is 11.3 Å². The average molecular weight is 763 g/mol. The number of nitrogens with one attached hydrogen (secondary N) is 1. The van der Waals surface area contributed by atoms with Crippen LogP contribution in [0.15, 0.2) is 101 Å². The number of carbonyl (C=O) groups is 1. The maximum absolute atomic E-state index is 14.1. The van der Waals surface area contributed by atoms with E-state index in [0.717, 1.165) is 42.4 Å². The minimum atomic E-state index is -2.33. The van der Waals surface area contributed by atoms with Crippen molar-refractivity contribution >= 4 is 39.2 Å². The Balaban J connectivity index is 1.07. The fraction of sp³-hybridized carbons (Fsp3) is 0.200. The van der Waals surface area contributed by atoms with E-state index >= 15 is 0 Å². The molecule has 4 atom stereocenters. The third-order valence-corrected chi connectivity index (χ3v) is 11.4. The van der Waals surface area contributed by atoms with Crippen LogP contribution >= 0.6 is 23.1 Å². The molecule has 272 valence electrons. The van der Waals surface area contributed by atoms with Gasteiger partial charge < -0.3 is 19.9 Å². The molecule has 1 aliphatic rings. The first-order valence-corrected chi connectivity index (χ1v) is 18.4. The zero-order chi connectivity index (χ0) is 37.2. The lowest BCUT2D eigenvalue weighted by Gasteiger charge is -2.41. The van der Waals surface area contributed by atoms with E-state index in [2.05, 4.69) is 18.3 Å². The van der Waals surface area contributed by atoms with Gasteiger partial charge in [0.1, 0.15) is 5.56 Å². The molecule has 0 radical (unpaired) electrons. The predicted octanol–water partition coefficient (Wildman–Crippen LogP) is 9.66. The van der Waals surface area contributed by atoms with Gasteiger partial charge >= 0.3 is 0 Å². The Bertz CT molecular complexity index is 2210. The lowest BCUT2D eigenvalue weighted by Crippen LogP contribution is -2.38. The number of aliphatic hydroxyl groups is 1. The van der Waals surface area contributed by atoms with Crippen LogP contribution in [0.1, 0.15) is 51.9 Å². The van der Waals surface area contributed by atoms with Crippen molar-refractivity contribution < 1.29 is 41.3 Å². The van der Waals surface area contributed by atoms with Crippen LogP contribution in [0.4, 0.5) is 22.0 Å². The van der Waals surface area contributed by atoms with Crippen molar-refractivity contribution in [3.8, 4) is 11.1 Å². The van der Waals surface area contributed by atoms with Gasteiger partial charge in [0.15, 0.2) is 33.9 Å². The molecular weight excluding hydrogens is 732 g/mol. The van der Waals surface area contributed by atoms with Gasteiger partial charge in [0.2, 0.25) is 5.82 Å². The second-order valence-corrected chi connectivity index (χ2v) is 14.8. The first-order chi connectivity index (χ1) is 25.6. The lowest BCUT2D eigenvalue weighted by atomic mass is 9.91. The summed E-state index contributed by atoms with van der Waals surface area (Å²) >= 11 is 3.29. The van der Waals surface area contributed by atoms with Gasteiger partial charge in [-0.1, -0.05) is 97.5 Å². The number of ether oxygens (including phenoxy) is 2. The van der Waals surface area contributed by atoms with Crippen LogP contribution in [0.5, 0.6) is 0 Å². The minimum Gasteiger partial charge on any atom is -0.392 e. The van der Waals surface area contributed by atoms with Crippen LogP contribution in [-0.2, 0) is 22.6 Å². The van der Waals surface area contributed by atoms with Gasteiger partial charge in [-0.25, -0.2) is 26.9 Å². The summed E-state index contributed by atoms with van der Waals surface area (Å²) in [4.78, 5) is 17.2. The van der Waals surface area contributed by atoms with E-state index in [1.165, 1.54) is 0 Å². The smallest absolute Gasteiger partial charge is 0.257 e. The lowest BCUT2D eigenvalue weighted by molar-refractivity contribution is -0.268. The highest BCUT2D eigenvalue weighted by Gasteiger charge is 2.38. The number of fused-ring (bicyclic) bond motifs is 1. The molecule has 1 aliphatic heterocycles. The predicted molar refractivity (Wildman–Crippen MR) is 193 cm³/mol. The molecule has 5 aromatic carbocycles. The van der Waals surface area contributed by atoms with E-state index in [1.54, 1.807) is 41.3 Å². The summed E-state index contributed by atoms with van der Waals surface area (Å²) in [7, 11) is 0. The number of halogens is 5. The molecule has 0 spiro atoms. The van der Waals surface area contributed by atoms with Crippen LogP contribution in [-0.4, -0.2) is 27.9 Å². The summed E-state index contributed by atoms with van der Waals surface area (Å²) in [6.07, 6.45) is -1.17. The third-order valence-electron chi connectivity index (χ3n) is 9.10. The van der Waals surface area contributed by atoms with Gasteiger partial charge in [0.25, 0.3) is 5.91 Å². The Morgan fingerprint density at radius 3 is 2.17 bits per heavy atom. The largest absolute Gasteiger partial charge is 0.392 e. The van der Waals surface area contributed by atoms with Crippen LogP contribution in [0.2, 0.25) is 0 Å². The molecule has 1 saturated heterocycles. The number of hydrogen-bond donors (Lipinski definition) is 2. The second kappa shape index (κ2) is 15.7. The molecule has 0 bridgehead atoms. The van der Waals surface area contributed by atoms with Crippen LogP contribution in [0.3, 0.4) is 0 Å². The summed E-state index contributed by atoms with van der Waals surface area (Å²) in [5.41, 5.74) is 4.07. The number of thioether (sulfide) groups is 1. The summed E-state index contributed by atoms with van der Waals surface area (Å²) in [6, 6.07) is 30.2. The maximum atomic E-state index is 14.1. The molecule has 0 saturated carbocycles. The number of amides is 1. The Morgan fingerprint density at radius 2 is 1.47 bits per heavy atom. The van der Waals surface area contributed by atoms with Crippen LogP contribution in [0, 0.1) is 35.0 Å². The Kier molecular flexibility index (Phi) is 10.9. The number of nitrogens with zero attached hydrogens (tertiary/aromatic N) is 1. The molecule has 2 heterocycles. The topological polar surface area (TPSA) is 80.7 Å². The normalized spacial score (nSPS) is 18.7. The van der Waals surface area contributed by atoms with E-state index in [0.29, 0.717) is 11.3 Å². The SMILES string of the molecule is C[C@@H]1[C@H](CSc2nc3ccccc3s2)O[C@H](c2ccc(-c3cccc(CNC(=O)c4c(F)c(F)c(F)c(F)c4F)c3)cc2)O[C@@H]1c1ccc(CO)cc1. The van der Waals surface area contributed by atoms with Gasteiger partial charge in [0.05, 0.1) is 29.0 Å².